The minimum Gasteiger partial charge on any atom is -0.493 e. The third kappa shape index (κ3) is 7.09. The van der Waals surface area contributed by atoms with Crippen molar-refractivity contribution >= 4 is 11.8 Å². The monoisotopic (exact) mass is 613 g/mol. The van der Waals surface area contributed by atoms with Crippen molar-refractivity contribution in [3.8, 4) is 5.75 Å². The first-order chi connectivity index (χ1) is 20.7. The van der Waals surface area contributed by atoms with Gasteiger partial charge in [0.15, 0.2) is 0 Å². The first-order valence-electron chi connectivity index (χ1n) is 15.2. The molecule has 0 spiro atoms. The van der Waals surface area contributed by atoms with E-state index in [4.69, 9.17) is 14.2 Å². The maximum Gasteiger partial charge on any atom is 0.245 e. The molecule has 2 fully saturated rings. The van der Waals surface area contributed by atoms with Crippen LogP contribution in [0.25, 0.3) is 0 Å². The summed E-state index contributed by atoms with van der Waals surface area (Å²) in [5, 5.41) is 37.8. The van der Waals surface area contributed by atoms with Crippen molar-refractivity contribution in [3.63, 3.8) is 0 Å². The SMILES string of the molecule is CC[C@@]12CO[C@@](c3ccc(C)c(Cc4ccc(OCCC(=O)NC(C)(C)C(=O)NCCN(C)C)cc4)c3)(O1)[C@H](O)[C@@H](O)[C@@H]2O. The number of ether oxygens (including phenoxy) is 3. The second-order valence-electron chi connectivity index (χ2n) is 12.6. The molecule has 2 amide bonds. The van der Waals surface area contributed by atoms with Gasteiger partial charge in [0.25, 0.3) is 0 Å². The average molecular weight is 614 g/mol. The van der Waals surface area contributed by atoms with E-state index < -0.39 is 35.2 Å². The Morgan fingerprint density at radius 3 is 2.45 bits per heavy atom. The molecule has 0 aliphatic carbocycles. The Hall–Kier alpha value is -3.06. The van der Waals surface area contributed by atoms with Crippen LogP contribution in [-0.4, -0.2) is 102 Å². The van der Waals surface area contributed by atoms with E-state index in [0.717, 1.165) is 16.7 Å². The zero-order chi connectivity index (χ0) is 32.3. The van der Waals surface area contributed by atoms with Crippen LogP contribution in [0, 0.1) is 6.92 Å². The van der Waals surface area contributed by atoms with Crippen molar-refractivity contribution in [2.24, 2.45) is 0 Å². The third-order valence-corrected chi connectivity index (χ3v) is 8.59. The first kappa shape index (κ1) is 33.8. The Kier molecular flexibility index (Phi) is 10.4. The van der Waals surface area contributed by atoms with Gasteiger partial charge in [-0.2, -0.15) is 0 Å². The van der Waals surface area contributed by atoms with Crippen molar-refractivity contribution in [2.45, 2.75) is 82.2 Å². The Bertz CT molecular complexity index is 1320. The molecule has 2 aromatic rings. The number of rotatable bonds is 13. The van der Waals surface area contributed by atoms with Gasteiger partial charge in [0.1, 0.15) is 35.2 Å². The van der Waals surface area contributed by atoms with Gasteiger partial charge < -0.3 is 45.1 Å². The van der Waals surface area contributed by atoms with Gasteiger partial charge in [-0.15, -0.1) is 0 Å². The van der Waals surface area contributed by atoms with Gasteiger partial charge in [-0.25, -0.2) is 0 Å². The zero-order valence-electron chi connectivity index (χ0n) is 26.6. The summed E-state index contributed by atoms with van der Waals surface area (Å²) in [7, 11) is 3.85. The van der Waals surface area contributed by atoms with E-state index in [2.05, 4.69) is 10.6 Å². The summed E-state index contributed by atoms with van der Waals surface area (Å²) in [6.45, 7) is 8.62. The maximum atomic E-state index is 12.5. The van der Waals surface area contributed by atoms with E-state index in [0.29, 0.717) is 37.2 Å². The number of aryl methyl sites for hydroxylation is 1. The van der Waals surface area contributed by atoms with Crippen molar-refractivity contribution in [1.82, 2.24) is 15.5 Å². The number of likely N-dealkylation sites (N-methyl/N-ethyl adjacent to an activating group) is 1. The number of hydrogen-bond donors (Lipinski definition) is 5. The molecule has 2 bridgehead atoms. The average Bonchev–Trinajstić information content (AvgIpc) is 3.36. The Labute approximate surface area is 259 Å². The Morgan fingerprint density at radius 2 is 1.80 bits per heavy atom. The molecule has 0 unspecified atom stereocenters. The fourth-order valence-electron chi connectivity index (χ4n) is 5.63. The Balaban J connectivity index is 1.33. The van der Waals surface area contributed by atoms with E-state index in [1.165, 1.54) is 0 Å². The topological polar surface area (TPSA) is 150 Å². The molecule has 5 atom stereocenters. The van der Waals surface area contributed by atoms with Gasteiger partial charge in [-0.1, -0.05) is 31.2 Å². The summed E-state index contributed by atoms with van der Waals surface area (Å²) in [5.74, 6) is -1.46. The number of benzene rings is 2. The van der Waals surface area contributed by atoms with Crippen molar-refractivity contribution in [1.29, 1.82) is 0 Å². The quantitative estimate of drug-likeness (QED) is 0.226. The molecule has 0 saturated carbocycles. The number of aliphatic hydroxyl groups excluding tert-OH is 3. The van der Waals surface area contributed by atoms with Crippen LogP contribution in [0.15, 0.2) is 42.5 Å². The van der Waals surface area contributed by atoms with E-state index in [9.17, 15) is 24.9 Å². The molecule has 11 nitrogen and oxygen atoms in total. The van der Waals surface area contributed by atoms with Crippen LogP contribution in [0.1, 0.15) is 55.9 Å². The van der Waals surface area contributed by atoms with Crippen LogP contribution >= 0.6 is 0 Å². The van der Waals surface area contributed by atoms with Crippen molar-refractivity contribution < 1.29 is 39.1 Å². The summed E-state index contributed by atoms with van der Waals surface area (Å²) in [6, 6.07) is 13.2. The van der Waals surface area contributed by atoms with Crippen LogP contribution < -0.4 is 15.4 Å². The molecule has 242 valence electrons. The minimum absolute atomic E-state index is 0.0647. The molecular weight excluding hydrogens is 566 g/mol. The molecule has 11 heteroatoms. The maximum absolute atomic E-state index is 12.5. The standard InChI is InChI=1S/C33H47N3O8/c1-7-32-20-43-33(44-32,29(40)27(38)28(32)39)24-11-8-21(2)23(19-24)18-22-9-12-25(13-10-22)42-17-14-26(37)35-31(3,4)30(41)34-15-16-36(5)6/h8-13,19,27-29,38-40H,7,14-18,20H2,1-6H3,(H,34,41)(H,35,37)/t27-,28-,29+,32-,33-/m0/s1. The molecular formula is C33H47N3O8. The minimum atomic E-state index is -1.56. The van der Waals surface area contributed by atoms with Gasteiger partial charge >= 0.3 is 0 Å². The van der Waals surface area contributed by atoms with Crippen molar-refractivity contribution in [3.05, 3.63) is 64.7 Å². The molecule has 5 N–H and O–H groups in total. The molecule has 4 rings (SSSR count). The zero-order valence-corrected chi connectivity index (χ0v) is 26.6. The molecule has 2 aliphatic heterocycles. The van der Waals surface area contributed by atoms with Gasteiger partial charge in [0.2, 0.25) is 17.6 Å². The van der Waals surface area contributed by atoms with Crippen LogP contribution in [0.5, 0.6) is 5.75 Å². The second kappa shape index (κ2) is 13.5. The van der Waals surface area contributed by atoms with Gasteiger partial charge in [-0.05, 0) is 82.6 Å². The van der Waals surface area contributed by atoms with E-state index in [-0.39, 0.29) is 31.4 Å². The number of fused-ring (bicyclic) bond motifs is 2. The number of hydrogen-bond acceptors (Lipinski definition) is 9. The highest BCUT2D eigenvalue weighted by atomic mass is 16.8. The van der Waals surface area contributed by atoms with E-state index in [1.54, 1.807) is 13.8 Å². The molecule has 2 heterocycles. The predicted molar refractivity (Wildman–Crippen MR) is 164 cm³/mol. The van der Waals surface area contributed by atoms with Crippen LogP contribution in [-0.2, 0) is 31.3 Å². The third-order valence-electron chi connectivity index (χ3n) is 8.59. The van der Waals surface area contributed by atoms with E-state index >= 15 is 0 Å². The lowest BCUT2D eigenvalue weighted by atomic mass is 9.82. The normalized spacial score (nSPS) is 26.5. The number of aliphatic hydroxyl groups is 3. The predicted octanol–water partition coefficient (Wildman–Crippen LogP) is 1.37. The summed E-state index contributed by atoms with van der Waals surface area (Å²) >= 11 is 0. The van der Waals surface area contributed by atoms with Crippen LogP contribution in [0.4, 0.5) is 0 Å². The summed E-state index contributed by atoms with van der Waals surface area (Å²) < 4.78 is 18.0. The van der Waals surface area contributed by atoms with E-state index in [1.807, 2.05) is 75.3 Å². The first-order valence-corrected chi connectivity index (χ1v) is 15.2. The highest BCUT2D eigenvalue weighted by Crippen LogP contribution is 2.51. The molecule has 0 aromatic heterocycles. The second-order valence-corrected chi connectivity index (χ2v) is 12.6. The fraction of sp³-hybridized carbons (Fsp3) is 0.576. The molecule has 2 aromatic carbocycles. The highest BCUT2D eigenvalue weighted by Gasteiger charge is 2.66. The van der Waals surface area contributed by atoms with Gasteiger partial charge in [0.05, 0.1) is 19.6 Å². The summed E-state index contributed by atoms with van der Waals surface area (Å²) in [4.78, 5) is 26.9. The largest absolute Gasteiger partial charge is 0.493 e. The molecule has 0 radical (unpaired) electrons. The summed E-state index contributed by atoms with van der Waals surface area (Å²) in [6.07, 6.45) is -3.00. The number of carbonyl (C=O) groups excluding carboxylic acids is 2. The highest BCUT2D eigenvalue weighted by molar-refractivity contribution is 5.90. The number of nitrogens with one attached hydrogen (secondary N) is 2. The van der Waals surface area contributed by atoms with Gasteiger partial charge in [0, 0.05) is 18.7 Å². The van der Waals surface area contributed by atoms with Crippen LogP contribution in [0.3, 0.4) is 0 Å². The fourth-order valence-corrected chi connectivity index (χ4v) is 5.63. The van der Waals surface area contributed by atoms with Crippen molar-refractivity contribution in [2.75, 3.05) is 40.4 Å². The number of nitrogens with zero attached hydrogens (tertiary/aromatic N) is 1. The van der Waals surface area contributed by atoms with Gasteiger partial charge in [-0.3, -0.25) is 9.59 Å². The lowest BCUT2D eigenvalue weighted by Gasteiger charge is -2.46. The van der Waals surface area contributed by atoms with Crippen LogP contribution in [0.2, 0.25) is 0 Å². The number of carbonyl (C=O) groups is 2. The summed E-state index contributed by atoms with van der Waals surface area (Å²) in [5.41, 5.74) is 1.51. The molecule has 2 saturated heterocycles. The lowest BCUT2D eigenvalue weighted by Crippen LogP contribution is -2.64. The molecule has 2 aliphatic rings. The Morgan fingerprint density at radius 1 is 1.09 bits per heavy atom. The molecule has 44 heavy (non-hydrogen) atoms. The number of amides is 2. The smallest absolute Gasteiger partial charge is 0.245 e. The lowest BCUT2D eigenvalue weighted by molar-refractivity contribution is -0.325.